The summed E-state index contributed by atoms with van der Waals surface area (Å²) in [6.07, 6.45) is 0. The fraction of sp³-hybridized carbons (Fsp3) is 0.239. The predicted molar refractivity (Wildman–Crippen MR) is 327 cm³/mol. The second kappa shape index (κ2) is 17.7. The van der Waals surface area contributed by atoms with Gasteiger partial charge in [0, 0.05) is 50.6 Å². The Labute approximate surface area is 451 Å². The van der Waals surface area contributed by atoms with Gasteiger partial charge in [0.25, 0.3) is 0 Å². The van der Waals surface area contributed by atoms with Gasteiger partial charge in [0.1, 0.15) is 11.2 Å². The summed E-state index contributed by atoms with van der Waals surface area (Å²) in [4.78, 5) is 7.70. The standard InChI is InChI=1S/C71H70BN3O/c1-45-41-58-55-37-36-54(73(51-30-23-47(24-31-51)68(2,3)4)52-32-25-48(26-33-52)69(5,6)7)44-61(55)75(53-34-27-49(28-35-53)70(8,9)10)72-59-38-40-64-65(56-21-17-18-22-63(56)76-64)67(59)74(62(42-45)66(58)72)60-39-29-50(71(11,12)13)43-57(60)46-19-15-14-16-20-46/h14-44H,1-13H3. The van der Waals surface area contributed by atoms with Crippen LogP contribution in [0.1, 0.15) is 111 Å². The fourth-order valence-corrected chi connectivity index (χ4v) is 11.9. The topological polar surface area (TPSA) is 22.9 Å². The summed E-state index contributed by atoms with van der Waals surface area (Å²) in [5, 5.41) is 2.22. The van der Waals surface area contributed by atoms with Gasteiger partial charge in [-0.3, -0.25) is 0 Å². The third-order valence-electron chi connectivity index (χ3n) is 16.1. The van der Waals surface area contributed by atoms with E-state index in [2.05, 4.69) is 293 Å². The molecular weight excluding hydrogens is 922 g/mol. The highest BCUT2D eigenvalue weighted by Crippen LogP contribution is 2.53. The summed E-state index contributed by atoms with van der Waals surface area (Å²) in [6.45, 7) is 29.6. The van der Waals surface area contributed by atoms with E-state index >= 15 is 0 Å². The second-order valence-electron chi connectivity index (χ2n) is 25.6. The molecule has 2 aliphatic heterocycles. The van der Waals surface area contributed by atoms with Gasteiger partial charge in [-0.05, 0) is 157 Å². The molecule has 0 radical (unpaired) electrons. The Morgan fingerprint density at radius 2 is 0.974 bits per heavy atom. The first-order chi connectivity index (χ1) is 36.1. The maximum absolute atomic E-state index is 6.84. The van der Waals surface area contributed by atoms with E-state index in [9.17, 15) is 0 Å². The summed E-state index contributed by atoms with van der Waals surface area (Å²) >= 11 is 0. The molecule has 4 nitrogen and oxygen atoms in total. The lowest BCUT2D eigenvalue weighted by molar-refractivity contribution is 0.590. The molecule has 0 saturated heterocycles. The largest absolute Gasteiger partial charge is 0.456 e. The molecule has 378 valence electrons. The van der Waals surface area contributed by atoms with Crippen molar-refractivity contribution < 1.29 is 4.42 Å². The number of hydrogen-bond donors (Lipinski definition) is 0. The summed E-state index contributed by atoms with van der Waals surface area (Å²) in [5.41, 5.74) is 24.6. The molecule has 2 aliphatic rings. The SMILES string of the molecule is Cc1cc2c3c(c1)N(c1ccc(C(C)(C)C)cc1-c1ccccc1)c1c(ccc4oc5ccccc5c14)B3N(c1ccc(C(C)(C)C)cc1)c1cc(N(c3ccc(C(C)(C)C)cc3)c3ccc(C(C)(C)C)cc3)ccc1-2. The molecule has 12 rings (SSSR count). The predicted octanol–water partition coefficient (Wildman–Crippen LogP) is 18.9. The van der Waals surface area contributed by atoms with Crippen LogP contribution >= 0.6 is 0 Å². The van der Waals surface area contributed by atoms with E-state index in [-0.39, 0.29) is 28.5 Å². The Morgan fingerprint density at radius 1 is 0.421 bits per heavy atom. The zero-order chi connectivity index (χ0) is 53.2. The fourth-order valence-electron chi connectivity index (χ4n) is 11.9. The van der Waals surface area contributed by atoms with Crippen molar-refractivity contribution in [1.29, 1.82) is 0 Å². The van der Waals surface area contributed by atoms with Gasteiger partial charge in [-0.2, -0.15) is 0 Å². The molecule has 1 aromatic heterocycles. The zero-order valence-electron chi connectivity index (χ0n) is 46.7. The third kappa shape index (κ3) is 8.31. The minimum Gasteiger partial charge on any atom is -0.456 e. The van der Waals surface area contributed by atoms with Crippen LogP contribution in [-0.2, 0) is 21.7 Å². The molecule has 0 spiro atoms. The first-order valence-corrected chi connectivity index (χ1v) is 27.3. The first-order valence-electron chi connectivity index (χ1n) is 27.3. The molecule has 0 bridgehead atoms. The van der Waals surface area contributed by atoms with E-state index in [0.717, 1.165) is 61.8 Å². The van der Waals surface area contributed by atoms with Crippen molar-refractivity contribution >= 4 is 85.2 Å². The van der Waals surface area contributed by atoms with Crippen LogP contribution in [-0.4, -0.2) is 6.85 Å². The van der Waals surface area contributed by atoms with Gasteiger partial charge >= 0.3 is 6.85 Å². The molecule has 5 heteroatoms. The van der Waals surface area contributed by atoms with Gasteiger partial charge in [0.15, 0.2) is 0 Å². The quantitative estimate of drug-likeness (QED) is 0.155. The molecule has 10 aromatic rings. The van der Waals surface area contributed by atoms with Gasteiger partial charge in [0.05, 0.1) is 16.8 Å². The smallest absolute Gasteiger partial charge is 0.333 e. The van der Waals surface area contributed by atoms with E-state index < -0.39 is 0 Å². The summed E-state index contributed by atoms with van der Waals surface area (Å²) in [5.74, 6) is 0. The average molecular weight is 992 g/mol. The number of para-hydroxylation sites is 1. The highest BCUT2D eigenvalue weighted by molar-refractivity contribution is 6.94. The van der Waals surface area contributed by atoms with Crippen LogP contribution in [0.3, 0.4) is 0 Å². The lowest BCUT2D eigenvalue weighted by atomic mass is 9.43. The Balaban J connectivity index is 1.18. The normalized spacial score (nSPS) is 13.5. The van der Waals surface area contributed by atoms with Crippen LogP contribution in [0.5, 0.6) is 0 Å². The molecule has 0 amide bonds. The highest BCUT2D eigenvalue weighted by atomic mass is 16.3. The van der Waals surface area contributed by atoms with Gasteiger partial charge in [-0.25, -0.2) is 0 Å². The van der Waals surface area contributed by atoms with Crippen molar-refractivity contribution in [2.45, 2.75) is 112 Å². The van der Waals surface area contributed by atoms with Crippen LogP contribution in [0.4, 0.5) is 45.5 Å². The minimum atomic E-state index is -0.210. The van der Waals surface area contributed by atoms with Crippen molar-refractivity contribution in [2.75, 3.05) is 14.6 Å². The number of nitrogens with zero attached hydrogens (tertiary/aromatic N) is 3. The number of aryl methyl sites for hydroxylation is 1. The Hall–Kier alpha value is -7.76. The highest BCUT2D eigenvalue weighted by Gasteiger charge is 2.47. The number of anilines is 8. The number of furan rings is 1. The van der Waals surface area contributed by atoms with Crippen LogP contribution in [0.2, 0.25) is 0 Å². The van der Waals surface area contributed by atoms with Crippen molar-refractivity contribution in [3.63, 3.8) is 0 Å². The maximum atomic E-state index is 6.84. The van der Waals surface area contributed by atoms with Crippen LogP contribution in [0.25, 0.3) is 44.2 Å². The van der Waals surface area contributed by atoms with E-state index in [1.165, 1.54) is 66.7 Å². The summed E-state index contributed by atoms with van der Waals surface area (Å²) < 4.78 is 6.84. The average Bonchev–Trinajstić information content (AvgIpc) is 3.80. The van der Waals surface area contributed by atoms with Gasteiger partial charge in [-0.15, -0.1) is 0 Å². The lowest BCUT2D eigenvalue weighted by Gasteiger charge is -2.46. The van der Waals surface area contributed by atoms with E-state index in [1.807, 2.05) is 0 Å². The molecular formula is C71H70BN3O. The molecule has 0 fully saturated rings. The summed E-state index contributed by atoms with van der Waals surface area (Å²) in [6, 6.07) is 71.2. The first kappa shape index (κ1) is 49.1. The van der Waals surface area contributed by atoms with Crippen molar-refractivity contribution in [3.8, 4) is 22.3 Å². The van der Waals surface area contributed by atoms with Crippen LogP contribution in [0, 0.1) is 6.92 Å². The molecule has 0 N–H and O–H groups in total. The Kier molecular flexibility index (Phi) is 11.4. The molecule has 0 saturated carbocycles. The van der Waals surface area contributed by atoms with Crippen molar-refractivity contribution in [3.05, 3.63) is 216 Å². The Morgan fingerprint density at radius 3 is 1.58 bits per heavy atom. The van der Waals surface area contributed by atoms with Gasteiger partial charge in [0.2, 0.25) is 0 Å². The zero-order valence-corrected chi connectivity index (χ0v) is 46.7. The molecule has 0 aliphatic carbocycles. The summed E-state index contributed by atoms with van der Waals surface area (Å²) in [7, 11) is 0. The van der Waals surface area contributed by atoms with E-state index in [1.54, 1.807) is 0 Å². The molecule has 0 atom stereocenters. The lowest BCUT2D eigenvalue weighted by Crippen LogP contribution is -2.61. The van der Waals surface area contributed by atoms with E-state index in [4.69, 9.17) is 4.42 Å². The molecule has 0 unspecified atom stereocenters. The maximum Gasteiger partial charge on any atom is 0.333 e. The van der Waals surface area contributed by atoms with Crippen LogP contribution < -0.4 is 25.5 Å². The van der Waals surface area contributed by atoms with E-state index in [0.29, 0.717) is 0 Å². The Bertz CT molecular complexity index is 3800. The van der Waals surface area contributed by atoms with Crippen LogP contribution in [0.15, 0.2) is 192 Å². The number of rotatable bonds is 6. The van der Waals surface area contributed by atoms with Gasteiger partial charge in [-0.1, -0.05) is 192 Å². The molecule has 76 heavy (non-hydrogen) atoms. The third-order valence-corrected chi connectivity index (χ3v) is 16.1. The number of hydrogen-bond acceptors (Lipinski definition) is 4. The second-order valence-corrected chi connectivity index (χ2v) is 25.6. The van der Waals surface area contributed by atoms with Crippen molar-refractivity contribution in [2.24, 2.45) is 0 Å². The monoisotopic (exact) mass is 992 g/mol. The molecule has 9 aromatic carbocycles. The molecule has 3 heterocycles. The number of benzene rings is 9. The van der Waals surface area contributed by atoms with Crippen molar-refractivity contribution in [1.82, 2.24) is 0 Å². The number of fused-ring (bicyclic) bond motifs is 8. The van der Waals surface area contributed by atoms with Gasteiger partial charge < -0.3 is 19.0 Å². The minimum absolute atomic E-state index is 0.0146.